The van der Waals surface area contributed by atoms with Crippen LogP contribution in [-0.2, 0) is 0 Å². The lowest BCUT2D eigenvalue weighted by molar-refractivity contribution is 0.0971. The fraction of sp³-hybridized carbons (Fsp3) is 0.133. The quantitative estimate of drug-likeness (QED) is 0.861. The highest BCUT2D eigenvalue weighted by molar-refractivity contribution is 6.19. The first-order valence-electron chi connectivity index (χ1n) is 6.21. The maximum absolute atomic E-state index is 13.8. The van der Waals surface area contributed by atoms with Gasteiger partial charge in [0.25, 0.3) is 5.91 Å². The predicted molar refractivity (Wildman–Crippen MR) is 74.7 cm³/mol. The molecular formula is C15H10ClF2NO2. The molecule has 1 amide bonds. The van der Waals surface area contributed by atoms with Gasteiger partial charge in [0.2, 0.25) is 0 Å². The minimum atomic E-state index is -0.951. The molecule has 1 aliphatic rings. The summed E-state index contributed by atoms with van der Waals surface area (Å²) >= 11 is 5.87. The molecule has 1 aliphatic heterocycles. The second kappa shape index (κ2) is 5.00. The predicted octanol–water partition coefficient (Wildman–Crippen LogP) is 3.61. The molecule has 0 saturated carbocycles. The van der Waals surface area contributed by atoms with Gasteiger partial charge in [-0.1, -0.05) is 12.1 Å². The van der Waals surface area contributed by atoms with Crippen LogP contribution in [-0.4, -0.2) is 16.9 Å². The van der Waals surface area contributed by atoms with Crippen LogP contribution in [0, 0.1) is 11.6 Å². The fourth-order valence-corrected chi connectivity index (χ4v) is 2.81. The Morgan fingerprint density at radius 3 is 2.52 bits per heavy atom. The first-order valence-corrected chi connectivity index (χ1v) is 6.74. The lowest BCUT2D eigenvalue weighted by atomic mass is 10.1. The van der Waals surface area contributed by atoms with E-state index in [0.29, 0.717) is 5.56 Å². The third-order valence-electron chi connectivity index (χ3n) is 3.50. The van der Waals surface area contributed by atoms with Crippen molar-refractivity contribution in [1.29, 1.82) is 0 Å². The molecule has 1 heterocycles. The number of phenolic OH excluding ortho intramolecular Hbond substituents is 1. The maximum Gasteiger partial charge on any atom is 0.264 e. The van der Waals surface area contributed by atoms with Crippen LogP contribution in [0.1, 0.15) is 22.0 Å². The van der Waals surface area contributed by atoms with Crippen molar-refractivity contribution >= 4 is 23.2 Å². The Balaban J connectivity index is 2.10. The van der Waals surface area contributed by atoms with Gasteiger partial charge in [-0.25, -0.2) is 8.78 Å². The van der Waals surface area contributed by atoms with Gasteiger partial charge in [0.05, 0.1) is 11.7 Å². The number of phenols is 1. The number of aromatic hydroxyl groups is 1. The summed E-state index contributed by atoms with van der Waals surface area (Å²) in [6, 6.07) is 7.27. The number of anilines is 1. The van der Waals surface area contributed by atoms with Crippen LogP contribution >= 0.6 is 11.6 Å². The maximum atomic E-state index is 13.8. The third kappa shape index (κ3) is 2.05. The lowest BCUT2D eigenvalue weighted by Crippen LogP contribution is -2.34. The molecule has 0 spiro atoms. The zero-order chi connectivity index (χ0) is 15.1. The molecule has 1 unspecified atom stereocenters. The number of carbonyl (C=O) groups excluding carboxylic acids is 1. The zero-order valence-corrected chi connectivity index (χ0v) is 11.4. The van der Waals surface area contributed by atoms with Gasteiger partial charge in [0, 0.05) is 5.88 Å². The van der Waals surface area contributed by atoms with Gasteiger partial charge in [-0.15, -0.1) is 11.6 Å². The highest BCUT2D eigenvalue weighted by Crippen LogP contribution is 2.43. The number of alkyl halides is 1. The van der Waals surface area contributed by atoms with Crippen LogP contribution in [0.3, 0.4) is 0 Å². The topological polar surface area (TPSA) is 40.5 Å². The van der Waals surface area contributed by atoms with Gasteiger partial charge in [0.1, 0.15) is 22.9 Å². The van der Waals surface area contributed by atoms with Crippen molar-refractivity contribution in [3.63, 3.8) is 0 Å². The summed E-state index contributed by atoms with van der Waals surface area (Å²) in [6.45, 7) is 0. The minimum absolute atomic E-state index is 0.0504. The molecule has 108 valence electrons. The molecule has 3 nitrogen and oxygen atoms in total. The lowest BCUT2D eigenvalue weighted by Gasteiger charge is -2.25. The van der Waals surface area contributed by atoms with E-state index < -0.39 is 29.1 Å². The largest absolute Gasteiger partial charge is 0.506 e. The Kier molecular flexibility index (Phi) is 3.29. The molecule has 0 saturated heterocycles. The van der Waals surface area contributed by atoms with E-state index in [9.17, 15) is 18.7 Å². The summed E-state index contributed by atoms with van der Waals surface area (Å²) in [6.07, 6.45) is 0. The molecule has 3 rings (SSSR count). The molecule has 0 aliphatic carbocycles. The molecule has 6 heteroatoms. The number of rotatable bonds is 2. The van der Waals surface area contributed by atoms with Crippen LogP contribution in [0.15, 0.2) is 36.4 Å². The Morgan fingerprint density at radius 2 is 1.90 bits per heavy atom. The van der Waals surface area contributed by atoms with Gasteiger partial charge < -0.3 is 5.11 Å². The molecular weight excluding hydrogens is 300 g/mol. The first-order chi connectivity index (χ1) is 10.0. The summed E-state index contributed by atoms with van der Waals surface area (Å²) in [7, 11) is 0. The van der Waals surface area contributed by atoms with E-state index in [1.54, 1.807) is 12.1 Å². The summed E-state index contributed by atoms with van der Waals surface area (Å²) in [4.78, 5) is 13.7. The van der Waals surface area contributed by atoms with Crippen LogP contribution in [0.5, 0.6) is 5.75 Å². The Bertz CT molecular complexity index is 715. The van der Waals surface area contributed by atoms with E-state index in [2.05, 4.69) is 0 Å². The zero-order valence-electron chi connectivity index (χ0n) is 10.7. The number of hydrogen-bond acceptors (Lipinski definition) is 2. The molecule has 2 bridgehead atoms. The molecule has 0 radical (unpaired) electrons. The van der Waals surface area contributed by atoms with E-state index in [-0.39, 0.29) is 17.3 Å². The van der Waals surface area contributed by atoms with Crippen molar-refractivity contribution in [3.05, 3.63) is 59.2 Å². The number of nitrogens with zero attached hydrogens (tertiary/aromatic N) is 1. The number of hydrogen-bond donors (Lipinski definition) is 1. The van der Waals surface area contributed by atoms with Gasteiger partial charge in [0.15, 0.2) is 0 Å². The van der Waals surface area contributed by atoms with Crippen LogP contribution in [0.2, 0.25) is 0 Å². The molecule has 21 heavy (non-hydrogen) atoms. The fourth-order valence-electron chi connectivity index (χ4n) is 2.49. The minimum Gasteiger partial charge on any atom is -0.506 e. The molecule has 2 aromatic carbocycles. The van der Waals surface area contributed by atoms with Gasteiger partial charge >= 0.3 is 0 Å². The van der Waals surface area contributed by atoms with E-state index in [1.807, 2.05) is 0 Å². The SMILES string of the molecule is O=C(c1c(F)cccc1F)N1c2cc(ccc2O)C1CCl. The average Bonchev–Trinajstić information content (AvgIpc) is 2.76. The summed E-state index contributed by atoms with van der Waals surface area (Å²) < 4.78 is 27.6. The van der Waals surface area contributed by atoms with Gasteiger partial charge in [-0.05, 0) is 29.8 Å². The van der Waals surface area contributed by atoms with Crippen LogP contribution in [0.4, 0.5) is 14.5 Å². The molecule has 0 fully saturated rings. The Labute approximate surface area is 124 Å². The normalized spacial score (nSPS) is 16.3. The van der Waals surface area contributed by atoms with E-state index >= 15 is 0 Å². The van der Waals surface area contributed by atoms with E-state index in [1.165, 1.54) is 12.1 Å². The Morgan fingerprint density at radius 1 is 1.24 bits per heavy atom. The first kappa shape index (κ1) is 13.8. The second-order valence-electron chi connectivity index (χ2n) is 4.69. The number of halogens is 3. The van der Waals surface area contributed by atoms with E-state index in [0.717, 1.165) is 17.0 Å². The third-order valence-corrected chi connectivity index (χ3v) is 3.79. The smallest absolute Gasteiger partial charge is 0.264 e. The Hall–Kier alpha value is -2.14. The standard InChI is InChI=1S/C15H10ClF2NO2/c16-7-12-8-4-5-13(20)11(6-8)19(12)15(21)14-9(17)2-1-3-10(14)18/h1-6,12,20H,7H2. The molecule has 0 aromatic heterocycles. The van der Waals surface area contributed by atoms with Crippen molar-refractivity contribution in [2.24, 2.45) is 0 Å². The van der Waals surface area contributed by atoms with E-state index in [4.69, 9.17) is 11.6 Å². The summed E-state index contributed by atoms with van der Waals surface area (Å²) in [5, 5.41) is 9.84. The number of benzene rings is 2. The molecule has 1 N–H and O–H groups in total. The summed E-state index contributed by atoms with van der Waals surface area (Å²) in [5.41, 5.74) is 0.253. The van der Waals surface area contributed by atoms with Crippen molar-refractivity contribution in [2.45, 2.75) is 6.04 Å². The highest BCUT2D eigenvalue weighted by Gasteiger charge is 2.36. The van der Waals surface area contributed by atoms with Crippen molar-refractivity contribution in [1.82, 2.24) is 0 Å². The second-order valence-corrected chi connectivity index (χ2v) is 5.00. The molecule has 2 aromatic rings. The summed E-state index contributed by atoms with van der Waals surface area (Å²) in [5.74, 6) is -2.86. The average molecular weight is 310 g/mol. The highest BCUT2D eigenvalue weighted by atomic mass is 35.5. The van der Waals surface area contributed by atoms with Gasteiger partial charge in [-0.2, -0.15) is 0 Å². The van der Waals surface area contributed by atoms with Crippen LogP contribution in [0.25, 0.3) is 0 Å². The number of carbonyl (C=O) groups is 1. The monoisotopic (exact) mass is 309 g/mol. The van der Waals surface area contributed by atoms with Gasteiger partial charge in [-0.3, -0.25) is 9.69 Å². The molecule has 1 atom stereocenters. The van der Waals surface area contributed by atoms with Crippen molar-refractivity contribution in [2.75, 3.05) is 10.8 Å². The van der Waals surface area contributed by atoms with Crippen molar-refractivity contribution in [3.8, 4) is 5.75 Å². The number of amides is 1. The number of fused-ring (bicyclic) bond motifs is 2. The van der Waals surface area contributed by atoms with Crippen LogP contribution < -0.4 is 4.90 Å². The van der Waals surface area contributed by atoms with Crippen molar-refractivity contribution < 1.29 is 18.7 Å².